The lowest BCUT2D eigenvalue weighted by Crippen LogP contribution is -2.27. The van der Waals surface area contributed by atoms with E-state index in [0.717, 1.165) is 0 Å². The predicted octanol–water partition coefficient (Wildman–Crippen LogP) is 1.27. The Morgan fingerprint density at radius 3 is 2.57 bits per heavy atom. The van der Waals surface area contributed by atoms with Crippen molar-refractivity contribution in [1.29, 1.82) is 0 Å². The van der Waals surface area contributed by atoms with Crippen molar-refractivity contribution in [2.45, 2.75) is 17.9 Å². The molecule has 21 heavy (non-hydrogen) atoms. The van der Waals surface area contributed by atoms with Gasteiger partial charge >= 0.3 is 0 Å². The van der Waals surface area contributed by atoms with Crippen LogP contribution in [0.3, 0.4) is 0 Å². The van der Waals surface area contributed by atoms with E-state index in [4.69, 9.17) is 11.6 Å². The van der Waals surface area contributed by atoms with Crippen molar-refractivity contribution < 1.29 is 8.42 Å². The van der Waals surface area contributed by atoms with Crippen LogP contribution >= 0.6 is 11.6 Å². The molecule has 0 bridgehead atoms. The van der Waals surface area contributed by atoms with Crippen molar-refractivity contribution in [3.8, 4) is 0 Å². The Morgan fingerprint density at radius 1 is 1.19 bits per heavy atom. The highest BCUT2D eigenvalue weighted by Crippen LogP contribution is 2.13. The van der Waals surface area contributed by atoms with E-state index in [1.807, 2.05) is 0 Å². The lowest BCUT2D eigenvalue weighted by Gasteiger charge is -2.07. The second kappa shape index (κ2) is 6.84. The molecule has 0 unspecified atom stereocenters. The summed E-state index contributed by atoms with van der Waals surface area (Å²) < 4.78 is 27.7. The molecule has 6 nitrogen and oxygen atoms in total. The molecule has 1 N–H and O–H groups in total. The molecule has 0 aliphatic carbocycles. The van der Waals surface area contributed by atoms with Gasteiger partial charge in [-0.3, -0.25) is 4.79 Å². The van der Waals surface area contributed by atoms with Crippen molar-refractivity contribution in [3.63, 3.8) is 0 Å². The standard InChI is InChI=1S/C13H14ClN3O3S/c14-11-4-6-12(7-5-11)21(19,20)16-9-2-10-17-13(18)3-1-8-15-17/h1,3-8,16H,2,9-10H2. The second-order valence-electron chi connectivity index (χ2n) is 4.29. The number of rotatable bonds is 6. The average molecular weight is 328 g/mol. The fourth-order valence-electron chi connectivity index (χ4n) is 1.69. The van der Waals surface area contributed by atoms with Gasteiger partial charge in [-0.05, 0) is 36.8 Å². The molecule has 0 radical (unpaired) electrons. The highest BCUT2D eigenvalue weighted by Gasteiger charge is 2.12. The van der Waals surface area contributed by atoms with Crippen LogP contribution in [0.2, 0.25) is 5.02 Å². The predicted molar refractivity (Wildman–Crippen MR) is 79.8 cm³/mol. The van der Waals surface area contributed by atoms with Crippen molar-refractivity contribution >= 4 is 21.6 Å². The molecule has 2 aromatic rings. The molecule has 0 spiro atoms. The van der Waals surface area contributed by atoms with E-state index in [0.29, 0.717) is 18.0 Å². The number of hydrogen-bond acceptors (Lipinski definition) is 4. The van der Waals surface area contributed by atoms with Gasteiger partial charge in [-0.1, -0.05) is 11.6 Å². The van der Waals surface area contributed by atoms with E-state index >= 15 is 0 Å². The summed E-state index contributed by atoms with van der Waals surface area (Å²) in [6.45, 7) is 0.566. The first-order chi connectivity index (χ1) is 9.99. The fourth-order valence-corrected chi connectivity index (χ4v) is 2.89. The summed E-state index contributed by atoms with van der Waals surface area (Å²) in [5.74, 6) is 0. The van der Waals surface area contributed by atoms with Crippen molar-refractivity contribution in [1.82, 2.24) is 14.5 Å². The number of hydrogen-bond donors (Lipinski definition) is 1. The van der Waals surface area contributed by atoms with Gasteiger partial charge in [-0.25, -0.2) is 17.8 Å². The molecule has 0 fully saturated rings. The minimum Gasteiger partial charge on any atom is -0.268 e. The average Bonchev–Trinajstić information content (AvgIpc) is 2.46. The van der Waals surface area contributed by atoms with Crippen molar-refractivity contribution in [2.75, 3.05) is 6.54 Å². The molecule has 112 valence electrons. The summed E-state index contributed by atoms with van der Waals surface area (Å²) >= 11 is 5.72. The Morgan fingerprint density at radius 2 is 1.90 bits per heavy atom. The van der Waals surface area contributed by atoms with Crippen LogP contribution in [0.5, 0.6) is 0 Å². The Hall–Kier alpha value is -1.70. The third kappa shape index (κ3) is 4.38. The zero-order valence-electron chi connectivity index (χ0n) is 11.1. The maximum absolute atomic E-state index is 12.0. The summed E-state index contributed by atoms with van der Waals surface area (Å²) in [5.41, 5.74) is -0.210. The number of nitrogens with one attached hydrogen (secondary N) is 1. The van der Waals surface area contributed by atoms with E-state index in [2.05, 4.69) is 9.82 Å². The molecule has 2 rings (SSSR count). The Bertz CT molecular complexity index is 757. The van der Waals surface area contributed by atoms with Crippen LogP contribution in [-0.2, 0) is 16.6 Å². The van der Waals surface area contributed by atoms with Crippen LogP contribution in [0.25, 0.3) is 0 Å². The number of halogens is 1. The molecular formula is C13H14ClN3O3S. The Labute approximate surface area is 127 Å². The van der Waals surface area contributed by atoms with Gasteiger partial charge in [-0.2, -0.15) is 5.10 Å². The number of nitrogens with zero attached hydrogens (tertiary/aromatic N) is 2. The number of benzene rings is 1. The van der Waals surface area contributed by atoms with E-state index in [-0.39, 0.29) is 17.0 Å². The normalized spacial score (nSPS) is 11.5. The zero-order valence-corrected chi connectivity index (χ0v) is 12.6. The van der Waals surface area contributed by atoms with Crippen molar-refractivity contribution in [3.05, 3.63) is 58.0 Å². The molecule has 0 saturated heterocycles. The van der Waals surface area contributed by atoms with Gasteiger partial charge in [-0.15, -0.1) is 0 Å². The third-order valence-electron chi connectivity index (χ3n) is 2.75. The second-order valence-corrected chi connectivity index (χ2v) is 6.49. The lowest BCUT2D eigenvalue weighted by atomic mass is 10.4. The van der Waals surface area contributed by atoms with Crippen LogP contribution < -0.4 is 10.3 Å². The third-order valence-corrected chi connectivity index (χ3v) is 4.48. The van der Waals surface area contributed by atoms with Gasteiger partial charge < -0.3 is 0 Å². The first-order valence-electron chi connectivity index (χ1n) is 6.26. The largest absolute Gasteiger partial charge is 0.268 e. The van der Waals surface area contributed by atoms with Crippen LogP contribution in [0.1, 0.15) is 6.42 Å². The van der Waals surface area contributed by atoms with Crippen molar-refractivity contribution in [2.24, 2.45) is 0 Å². The molecule has 0 amide bonds. The maximum atomic E-state index is 12.0. The van der Waals surface area contributed by atoms with E-state index < -0.39 is 10.0 Å². The van der Waals surface area contributed by atoms with Gasteiger partial charge in [0, 0.05) is 30.4 Å². The quantitative estimate of drug-likeness (QED) is 0.810. The SMILES string of the molecule is O=c1cccnn1CCCNS(=O)(=O)c1ccc(Cl)cc1. The minimum atomic E-state index is -3.56. The fraction of sp³-hybridized carbons (Fsp3) is 0.231. The summed E-state index contributed by atoms with van der Waals surface area (Å²) in [7, 11) is -3.56. The van der Waals surface area contributed by atoms with Crippen LogP contribution in [0, 0.1) is 0 Å². The van der Waals surface area contributed by atoms with Crippen LogP contribution in [0.15, 0.2) is 52.3 Å². The molecule has 0 aliphatic heterocycles. The number of aromatic nitrogens is 2. The molecule has 0 saturated carbocycles. The topological polar surface area (TPSA) is 81.1 Å². The Kier molecular flexibility index (Phi) is 5.11. The molecular weight excluding hydrogens is 314 g/mol. The lowest BCUT2D eigenvalue weighted by molar-refractivity contribution is 0.535. The van der Waals surface area contributed by atoms with Gasteiger partial charge in [0.2, 0.25) is 10.0 Å². The summed E-state index contributed by atoms with van der Waals surface area (Å²) in [4.78, 5) is 11.6. The van der Waals surface area contributed by atoms with Gasteiger partial charge in [0.05, 0.1) is 4.90 Å². The summed E-state index contributed by atoms with van der Waals surface area (Å²) in [6.07, 6.45) is 1.98. The monoisotopic (exact) mass is 327 g/mol. The smallest absolute Gasteiger partial charge is 0.266 e. The number of aryl methyl sites for hydroxylation is 1. The molecule has 0 aliphatic rings. The highest BCUT2D eigenvalue weighted by atomic mass is 35.5. The van der Waals surface area contributed by atoms with Gasteiger partial charge in [0.1, 0.15) is 0 Å². The number of sulfonamides is 1. The minimum absolute atomic E-state index is 0.155. The highest BCUT2D eigenvalue weighted by molar-refractivity contribution is 7.89. The first kappa shape index (κ1) is 15.7. The summed E-state index contributed by atoms with van der Waals surface area (Å²) in [6, 6.07) is 8.88. The molecule has 8 heteroatoms. The first-order valence-corrected chi connectivity index (χ1v) is 8.12. The molecule has 1 heterocycles. The van der Waals surface area contributed by atoms with Crippen LogP contribution in [-0.4, -0.2) is 24.7 Å². The van der Waals surface area contributed by atoms with E-state index in [1.165, 1.54) is 41.2 Å². The Balaban J connectivity index is 1.90. The van der Waals surface area contributed by atoms with Crippen LogP contribution in [0.4, 0.5) is 0 Å². The molecule has 1 aromatic heterocycles. The molecule has 1 aromatic carbocycles. The summed E-state index contributed by atoms with van der Waals surface area (Å²) in [5, 5.41) is 4.37. The van der Waals surface area contributed by atoms with Gasteiger partial charge in [0.15, 0.2) is 0 Å². The molecule has 0 atom stereocenters. The maximum Gasteiger partial charge on any atom is 0.266 e. The zero-order chi connectivity index (χ0) is 15.3. The van der Waals surface area contributed by atoms with E-state index in [9.17, 15) is 13.2 Å². The van der Waals surface area contributed by atoms with Gasteiger partial charge in [0.25, 0.3) is 5.56 Å². The van der Waals surface area contributed by atoms with E-state index in [1.54, 1.807) is 6.07 Å².